The van der Waals surface area contributed by atoms with Crippen LogP contribution in [-0.2, 0) is 21.1 Å². The topological polar surface area (TPSA) is 83.1 Å². The Morgan fingerprint density at radius 3 is 2.53 bits per heavy atom. The lowest BCUT2D eigenvalue weighted by Crippen LogP contribution is -2.34. The van der Waals surface area contributed by atoms with E-state index in [4.69, 9.17) is 18.9 Å². The van der Waals surface area contributed by atoms with E-state index in [1.807, 2.05) is 26.0 Å². The van der Waals surface area contributed by atoms with Crippen molar-refractivity contribution in [3.8, 4) is 17.2 Å². The van der Waals surface area contributed by atoms with Gasteiger partial charge in [-0.1, -0.05) is 0 Å². The smallest absolute Gasteiger partial charge is 0.412 e. The van der Waals surface area contributed by atoms with Crippen molar-refractivity contribution >= 4 is 22.6 Å². The van der Waals surface area contributed by atoms with E-state index in [-0.39, 0.29) is 0 Å². The minimum atomic E-state index is -1.12. The summed E-state index contributed by atoms with van der Waals surface area (Å²) < 4.78 is 34.1. The Hall–Kier alpha value is -2.74. The molecular formula is C22H27NO6S. The van der Waals surface area contributed by atoms with Crippen LogP contribution in [0.5, 0.6) is 17.2 Å². The summed E-state index contributed by atoms with van der Waals surface area (Å²) in [6.07, 6.45) is 1.04. The average Bonchev–Trinajstić information content (AvgIpc) is 2.71. The molecule has 1 amide bonds. The molecule has 1 N–H and O–H groups in total. The van der Waals surface area contributed by atoms with Crippen LogP contribution in [0.25, 0.3) is 0 Å². The standard InChI is InChI=1S/C22H27NO6S/c1-22(2)17-9-7-15(13-18(17)23-21(24)29-22)28-11-5-6-12-30(25)16-8-10-19(26-3)20(14-16)27-4/h7-10,13-14H,5-6,11-12H2,1-4H3,(H,23,24). The van der Waals surface area contributed by atoms with Gasteiger partial charge in [0.2, 0.25) is 0 Å². The van der Waals surface area contributed by atoms with Crippen LogP contribution in [0.2, 0.25) is 0 Å². The van der Waals surface area contributed by atoms with Crippen molar-refractivity contribution in [1.29, 1.82) is 0 Å². The van der Waals surface area contributed by atoms with Crippen LogP contribution in [0.4, 0.5) is 10.5 Å². The highest BCUT2D eigenvalue weighted by Crippen LogP contribution is 2.37. The first-order valence-electron chi connectivity index (χ1n) is 9.72. The maximum atomic E-state index is 12.5. The van der Waals surface area contributed by atoms with Gasteiger partial charge in [0.15, 0.2) is 11.5 Å². The first-order chi connectivity index (χ1) is 14.3. The lowest BCUT2D eigenvalue weighted by atomic mass is 9.95. The number of nitrogens with one attached hydrogen (secondary N) is 1. The molecule has 1 heterocycles. The normalized spacial score (nSPS) is 15.4. The highest BCUT2D eigenvalue weighted by molar-refractivity contribution is 7.85. The van der Waals surface area contributed by atoms with E-state index in [2.05, 4.69) is 5.32 Å². The maximum absolute atomic E-state index is 12.5. The number of benzene rings is 2. The van der Waals surface area contributed by atoms with Gasteiger partial charge in [0.25, 0.3) is 0 Å². The van der Waals surface area contributed by atoms with Crippen LogP contribution in [0.15, 0.2) is 41.3 Å². The Bertz CT molecular complexity index is 943. The molecule has 1 unspecified atom stereocenters. The van der Waals surface area contributed by atoms with Gasteiger partial charge in [0, 0.05) is 28.3 Å². The molecular weight excluding hydrogens is 406 g/mol. The molecule has 0 saturated heterocycles. The number of amides is 1. The summed E-state index contributed by atoms with van der Waals surface area (Å²) in [6.45, 7) is 4.20. The van der Waals surface area contributed by atoms with Gasteiger partial charge in [-0.15, -0.1) is 0 Å². The Labute approximate surface area is 179 Å². The van der Waals surface area contributed by atoms with Crippen LogP contribution in [-0.4, -0.2) is 36.9 Å². The minimum Gasteiger partial charge on any atom is -0.494 e. The van der Waals surface area contributed by atoms with Crippen molar-refractivity contribution in [2.24, 2.45) is 0 Å². The number of ether oxygens (including phenoxy) is 4. The molecule has 1 atom stereocenters. The van der Waals surface area contributed by atoms with Gasteiger partial charge in [0.1, 0.15) is 11.4 Å². The van der Waals surface area contributed by atoms with Crippen LogP contribution in [0.1, 0.15) is 32.3 Å². The highest BCUT2D eigenvalue weighted by Gasteiger charge is 2.33. The molecule has 8 heteroatoms. The SMILES string of the molecule is COc1ccc(S(=O)CCCCOc2ccc3c(c2)NC(=O)OC3(C)C)cc1OC. The second-order valence-electron chi connectivity index (χ2n) is 7.35. The van der Waals surface area contributed by atoms with E-state index >= 15 is 0 Å². The highest BCUT2D eigenvalue weighted by atomic mass is 32.2. The third-order valence-electron chi connectivity index (χ3n) is 4.83. The van der Waals surface area contributed by atoms with Crippen LogP contribution < -0.4 is 19.5 Å². The molecule has 0 saturated carbocycles. The van der Waals surface area contributed by atoms with Crippen molar-refractivity contribution in [2.45, 2.75) is 37.2 Å². The summed E-state index contributed by atoms with van der Waals surface area (Å²) in [5, 5.41) is 2.71. The molecule has 0 spiro atoms. The Kier molecular flexibility index (Phi) is 6.87. The quantitative estimate of drug-likeness (QED) is 0.588. The zero-order valence-electron chi connectivity index (χ0n) is 17.7. The van der Waals surface area contributed by atoms with Crippen LogP contribution in [0, 0.1) is 0 Å². The van der Waals surface area contributed by atoms with Crippen LogP contribution in [0.3, 0.4) is 0 Å². The predicted octanol–water partition coefficient (Wildman–Crippen LogP) is 4.47. The minimum absolute atomic E-state index is 0.470. The number of rotatable bonds is 9. The summed E-state index contributed by atoms with van der Waals surface area (Å²) in [6, 6.07) is 10.9. The zero-order valence-corrected chi connectivity index (χ0v) is 18.5. The van der Waals surface area contributed by atoms with Gasteiger partial charge >= 0.3 is 6.09 Å². The first kappa shape index (κ1) is 22.0. The molecule has 0 bridgehead atoms. The van der Waals surface area contributed by atoms with Gasteiger partial charge in [0.05, 0.1) is 37.3 Å². The summed E-state index contributed by atoms with van der Waals surface area (Å²) in [5.74, 6) is 2.39. The number of unbranched alkanes of at least 4 members (excludes halogenated alkanes) is 1. The molecule has 2 aromatic carbocycles. The molecule has 3 rings (SSSR count). The largest absolute Gasteiger partial charge is 0.494 e. The van der Waals surface area contributed by atoms with Crippen molar-refractivity contribution in [3.05, 3.63) is 42.0 Å². The third-order valence-corrected chi connectivity index (χ3v) is 6.27. The Morgan fingerprint density at radius 1 is 1.03 bits per heavy atom. The summed E-state index contributed by atoms with van der Waals surface area (Å²) >= 11 is 0. The first-order valence-corrected chi connectivity index (χ1v) is 11.0. The van der Waals surface area contributed by atoms with Gasteiger partial charge < -0.3 is 18.9 Å². The summed E-state index contributed by atoms with van der Waals surface area (Å²) in [4.78, 5) is 12.4. The molecule has 7 nitrogen and oxygen atoms in total. The van der Waals surface area contributed by atoms with E-state index in [0.29, 0.717) is 40.2 Å². The van der Waals surface area contributed by atoms with E-state index < -0.39 is 22.5 Å². The van der Waals surface area contributed by atoms with Crippen molar-refractivity contribution in [2.75, 3.05) is 31.9 Å². The molecule has 0 aliphatic carbocycles. The molecule has 1 aliphatic rings. The lowest BCUT2D eigenvalue weighted by molar-refractivity contribution is 0.0420. The maximum Gasteiger partial charge on any atom is 0.412 e. The molecule has 1 aliphatic heterocycles. The predicted molar refractivity (Wildman–Crippen MR) is 115 cm³/mol. The second-order valence-corrected chi connectivity index (χ2v) is 8.92. The Morgan fingerprint density at radius 2 is 1.80 bits per heavy atom. The number of hydrogen-bond donors (Lipinski definition) is 1. The summed E-state index contributed by atoms with van der Waals surface area (Å²) in [5.41, 5.74) is 0.924. The Balaban J connectivity index is 1.48. The number of carbonyl (C=O) groups excluding carboxylic acids is 1. The average molecular weight is 434 g/mol. The number of methoxy groups -OCH3 is 2. The van der Waals surface area contributed by atoms with E-state index in [1.165, 1.54) is 0 Å². The van der Waals surface area contributed by atoms with Gasteiger partial charge in [-0.05, 0) is 51.0 Å². The zero-order chi connectivity index (χ0) is 21.7. The fourth-order valence-corrected chi connectivity index (χ4v) is 4.43. The van der Waals surface area contributed by atoms with E-state index in [1.54, 1.807) is 38.5 Å². The number of cyclic esters (lactones) is 1. The van der Waals surface area contributed by atoms with Crippen molar-refractivity contribution in [3.63, 3.8) is 0 Å². The van der Waals surface area contributed by atoms with Gasteiger partial charge in [-0.2, -0.15) is 0 Å². The monoisotopic (exact) mass is 433 g/mol. The number of carbonyl (C=O) groups is 1. The molecule has 0 fully saturated rings. The van der Waals surface area contributed by atoms with Crippen molar-refractivity contribution < 1.29 is 28.0 Å². The summed E-state index contributed by atoms with van der Waals surface area (Å²) in [7, 11) is 2.01. The molecule has 2 aromatic rings. The number of hydrogen-bond acceptors (Lipinski definition) is 6. The molecule has 30 heavy (non-hydrogen) atoms. The number of anilines is 1. The second kappa shape index (κ2) is 9.38. The van der Waals surface area contributed by atoms with E-state index in [9.17, 15) is 9.00 Å². The van der Waals surface area contributed by atoms with Crippen LogP contribution >= 0.6 is 0 Å². The van der Waals surface area contributed by atoms with Crippen molar-refractivity contribution in [1.82, 2.24) is 0 Å². The van der Waals surface area contributed by atoms with Gasteiger partial charge in [-0.25, -0.2) is 4.79 Å². The fraction of sp³-hybridized carbons (Fsp3) is 0.409. The fourth-order valence-electron chi connectivity index (χ4n) is 3.27. The number of fused-ring (bicyclic) bond motifs is 1. The molecule has 0 radical (unpaired) electrons. The molecule has 0 aromatic heterocycles. The van der Waals surface area contributed by atoms with Gasteiger partial charge in [-0.3, -0.25) is 9.53 Å². The third kappa shape index (κ3) is 5.05. The molecule has 162 valence electrons. The van der Waals surface area contributed by atoms with E-state index in [0.717, 1.165) is 18.4 Å². The lowest BCUT2D eigenvalue weighted by Gasteiger charge is -2.32.